The van der Waals surface area contributed by atoms with E-state index in [1.165, 1.54) is 0 Å². The lowest BCUT2D eigenvalue weighted by molar-refractivity contribution is 0.00578. The minimum absolute atomic E-state index is 0.248. The number of methoxy groups -OCH3 is 1. The zero-order valence-electron chi connectivity index (χ0n) is 14.4. The maximum Gasteiger partial charge on any atom is 0.494 e. The van der Waals surface area contributed by atoms with Crippen molar-refractivity contribution in [2.24, 2.45) is 0 Å². The van der Waals surface area contributed by atoms with Gasteiger partial charge in [-0.2, -0.15) is 0 Å². The summed E-state index contributed by atoms with van der Waals surface area (Å²) in [7, 11) is 1.27. The third-order valence-corrected chi connectivity index (χ3v) is 4.70. The average molecular weight is 314 g/mol. The normalized spacial score (nSPS) is 19.3. The van der Waals surface area contributed by atoms with Crippen molar-refractivity contribution < 1.29 is 18.8 Å². The van der Waals surface area contributed by atoms with Crippen LogP contribution in [0.3, 0.4) is 0 Å². The molecule has 0 atom stereocenters. The summed E-state index contributed by atoms with van der Waals surface area (Å²) in [4.78, 5) is 0. The number of hydrogen-bond donors (Lipinski definition) is 0. The largest absolute Gasteiger partial charge is 0.494 e. The summed E-state index contributed by atoms with van der Waals surface area (Å²) in [5.41, 5.74) is 0.372. The molecule has 0 saturated carbocycles. The van der Waals surface area contributed by atoms with Gasteiger partial charge in [-0.1, -0.05) is 24.3 Å². The van der Waals surface area contributed by atoms with Crippen LogP contribution in [0.15, 0.2) is 36.4 Å². The quantitative estimate of drug-likeness (QED) is 0.642. The second-order valence-electron chi connectivity index (χ2n) is 6.91. The Morgan fingerprint density at radius 2 is 1.52 bits per heavy atom. The van der Waals surface area contributed by atoms with E-state index in [1.807, 2.05) is 24.3 Å². The highest BCUT2D eigenvalue weighted by atomic mass is 16.7. The zero-order valence-corrected chi connectivity index (χ0v) is 14.4. The molecule has 1 aliphatic rings. The highest BCUT2D eigenvalue weighted by Crippen LogP contribution is 2.36. The van der Waals surface area contributed by atoms with Gasteiger partial charge in [-0.25, -0.2) is 0 Å². The van der Waals surface area contributed by atoms with E-state index in [1.54, 1.807) is 7.11 Å². The summed E-state index contributed by atoms with van der Waals surface area (Å²) in [6, 6.07) is 12.2. The number of rotatable bonds is 4. The first-order valence-corrected chi connectivity index (χ1v) is 7.83. The second kappa shape index (κ2) is 5.82. The molecule has 3 rings (SSSR count). The predicted molar refractivity (Wildman–Crippen MR) is 92.2 cm³/mol. The molecule has 1 saturated heterocycles. The summed E-state index contributed by atoms with van der Waals surface area (Å²) < 4.78 is 22.6. The molecule has 1 fully saturated rings. The maximum atomic E-state index is 6.11. The number of benzene rings is 2. The molecule has 0 aliphatic carbocycles. The summed E-state index contributed by atoms with van der Waals surface area (Å²) in [5.74, 6) is 0.794. The van der Waals surface area contributed by atoms with Gasteiger partial charge < -0.3 is 18.8 Å². The fraction of sp³-hybridized carbons (Fsp3) is 0.444. The standard InChI is InChI=1S/C18H23BO4/c1-17(2)18(3,4)23-19(22-17)15-8-6-14-11-16(21-12-20-5)9-7-13(14)10-15/h6-11H,12H2,1-5H3. The molecule has 2 aromatic rings. The van der Waals surface area contributed by atoms with Crippen molar-refractivity contribution in [3.63, 3.8) is 0 Å². The predicted octanol–water partition coefficient (Wildman–Crippen LogP) is 3.12. The maximum absolute atomic E-state index is 6.11. The van der Waals surface area contributed by atoms with Gasteiger partial charge in [-0.05, 0) is 56.1 Å². The van der Waals surface area contributed by atoms with Gasteiger partial charge in [0.15, 0.2) is 6.79 Å². The fourth-order valence-corrected chi connectivity index (χ4v) is 2.58. The molecule has 23 heavy (non-hydrogen) atoms. The minimum Gasteiger partial charge on any atom is -0.468 e. The van der Waals surface area contributed by atoms with E-state index < -0.39 is 0 Å². The summed E-state index contributed by atoms with van der Waals surface area (Å²) in [6.45, 7) is 8.50. The first-order valence-electron chi connectivity index (χ1n) is 7.83. The van der Waals surface area contributed by atoms with Gasteiger partial charge in [0, 0.05) is 7.11 Å². The molecule has 0 radical (unpaired) electrons. The van der Waals surface area contributed by atoms with Crippen molar-refractivity contribution in [3.8, 4) is 5.75 Å². The third kappa shape index (κ3) is 3.09. The first kappa shape index (κ1) is 16.3. The Kier molecular flexibility index (Phi) is 4.13. The fourth-order valence-electron chi connectivity index (χ4n) is 2.58. The van der Waals surface area contributed by atoms with Crippen molar-refractivity contribution in [2.45, 2.75) is 38.9 Å². The van der Waals surface area contributed by atoms with Crippen molar-refractivity contribution in [1.82, 2.24) is 0 Å². The molecule has 0 spiro atoms. The highest BCUT2D eigenvalue weighted by Gasteiger charge is 2.51. The van der Waals surface area contributed by atoms with E-state index in [-0.39, 0.29) is 25.1 Å². The first-order chi connectivity index (χ1) is 10.8. The monoisotopic (exact) mass is 314 g/mol. The van der Waals surface area contributed by atoms with E-state index >= 15 is 0 Å². The Balaban J connectivity index is 1.87. The van der Waals surface area contributed by atoms with Crippen molar-refractivity contribution in [1.29, 1.82) is 0 Å². The van der Waals surface area contributed by atoms with E-state index in [0.717, 1.165) is 22.0 Å². The van der Waals surface area contributed by atoms with Gasteiger partial charge in [0.05, 0.1) is 11.2 Å². The highest BCUT2D eigenvalue weighted by molar-refractivity contribution is 6.62. The Morgan fingerprint density at radius 3 is 2.17 bits per heavy atom. The molecule has 1 aliphatic heterocycles. The molecule has 0 aromatic heterocycles. The zero-order chi connectivity index (χ0) is 16.7. The minimum atomic E-state index is -0.339. The molecule has 1 heterocycles. The molecule has 4 nitrogen and oxygen atoms in total. The van der Waals surface area contributed by atoms with Gasteiger partial charge in [0.25, 0.3) is 0 Å². The summed E-state index contributed by atoms with van der Waals surface area (Å²) in [5, 5.41) is 2.24. The van der Waals surface area contributed by atoms with Crippen LogP contribution in [0.2, 0.25) is 0 Å². The van der Waals surface area contributed by atoms with Gasteiger partial charge >= 0.3 is 7.12 Å². The van der Waals surface area contributed by atoms with E-state index in [9.17, 15) is 0 Å². The van der Waals surface area contributed by atoms with Crippen LogP contribution >= 0.6 is 0 Å². The van der Waals surface area contributed by atoms with Crippen molar-refractivity contribution >= 4 is 23.4 Å². The van der Waals surface area contributed by atoms with Crippen LogP contribution < -0.4 is 10.2 Å². The van der Waals surface area contributed by atoms with Crippen molar-refractivity contribution in [3.05, 3.63) is 36.4 Å². The topological polar surface area (TPSA) is 36.9 Å². The van der Waals surface area contributed by atoms with E-state index in [4.69, 9.17) is 18.8 Å². The molecule has 2 aromatic carbocycles. The van der Waals surface area contributed by atoms with E-state index in [2.05, 4.69) is 39.8 Å². The van der Waals surface area contributed by atoms with Crippen LogP contribution in [0.25, 0.3) is 10.8 Å². The van der Waals surface area contributed by atoms with Gasteiger partial charge in [0.2, 0.25) is 0 Å². The summed E-state index contributed by atoms with van der Waals surface area (Å²) >= 11 is 0. The smallest absolute Gasteiger partial charge is 0.468 e. The molecule has 0 amide bonds. The number of ether oxygens (including phenoxy) is 2. The Morgan fingerprint density at radius 1 is 0.913 bits per heavy atom. The van der Waals surface area contributed by atoms with E-state index in [0.29, 0.717) is 0 Å². The SMILES string of the molecule is COCOc1ccc2cc(B3OC(C)(C)C(C)(C)O3)ccc2c1. The second-order valence-corrected chi connectivity index (χ2v) is 6.91. The number of fused-ring (bicyclic) bond motifs is 1. The Bertz CT molecular complexity index is 695. The molecular weight excluding hydrogens is 291 g/mol. The van der Waals surface area contributed by atoms with Crippen LogP contribution in [-0.2, 0) is 14.0 Å². The Labute approximate surface area is 137 Å². The lowest BCUT2D eigenvalue weighted by Crippen LogP contribution is -2.41. The van der Waals surface area contributed by atoms with Crippen LogP contribution in [0.1, 0.15) is 27.7 Å². The van der Waals surface area contributed by atoms with Gasteiger partial charge in [-0.3, -0.25) is 0 Å². The van der Waals surface area contributed by atoms with Crippen LogP contribution in [-0.4, -0.2) is 32.2 Å². The van der Waals surface area contributed by atoms with Crippen LogP contribution in [0, 0.1) is 0 Å². The molecule has 5 heteroatoms. The van der Waals surface area contributed by atoms with Crippen LogP contribution in [0.5, 0.6) is 5.75 Å². The third-order valence-electron chi connectivity index (χ3n) is 4.70. The van der Waals surface area contributed by atoms with Gasteiger partial charge in [0.1, 0.15) is 5.75 Å². The average Bonchev–Trinajstić information content (AvgIpc) is 2.72. The lowest BCUT2D eigenvalue weighted by Gasteiger charge is -2.32. The number of hydrogen-bond acceptors (Lipinski definition) is 4. The lowest BCUT2D eigenvalue weighted by atomic mass is 9.78. The molecular formula is C18H23BO4. The molecule has 122 valence electrons. The Hall–Kier alpha value is -1.56. The van der Waals surface area contributed by atoms with Gasteiger partial charge in [-0.15, -0.1) is 0 Å². The summed E-state index contributed by atoms with van der Waals surface area (Å²) in [6.07, 6.45) is 0. The van der Waals surface area contributed by atoms with Crippen molar-refractivity contribution in [2.75, 3.05) is 13.9 Å². The molecule has 0 N–H and O–H groups in total. The molecule has 0 unspecified atom stereocenters. The van der Waals surface area contributed by atoms with Crippen LogP contribution in [0.4, 0.5) is 0 Å². The molecule has 0 bridgehead atoms.